The minimum Gasteiger partial charge on any atom is -0.466 e. The van der Waals surface area contributed by atoms with Gasteiger partial charge in [0.15, 0.2) is 0 Å². The Bertz CT molecular complexity index is 767. The highest BCUT2D eigenvalue weighted by Gasteiger charge is 1.94. The third kappa shape index (κ3) is 16.6. The molecule has 0 amide bonds. The second-order valence-corrected chi connectivity index (χ2v) is 4.07. The maximum Gasteiger partial charge on any atom is 0.331 e. The monoisotopic (exact) mass is 334 g/mol. The summed E-state index contributed by atoms with van der Waals surface area (Å²) in [7, 11) is 1.29. The molecule has 0 atom stereocenters. The normalized spacial score (nSPS) is 9.04. The van der Waals surface area contributed by atoms with Crippen LogP contribution in [0.15, 0.2) is 36.5 Å². The summed E-state index contributed by atoms with van der Waals surface area (Å²) in [5, 5.41) is 0. The smallest absolute Gasteiger partial charge is 0.331 e. The van der Waals surface area contributed by atoms with Gasteiger partial charge in [0.25, 0.3) is 0 Å². The topological polar surface area (TPSA) is 52.6 Å². The van der Waals surface area contributed by atoms with Gasteiger partial charge in [-0.1, -0.05) is 29.8 Å². The average molecular weight is 334 g/mol. The van der Waals surface area contributed by atoms with Crippen LogP contribution in [0.1, 0.15) is 19.8 Å². The van der Waals surface area contributed by atoms with Gasteiger partial charge in [-0.3, -0.25) is 0 Å². The maximum absolute atomic E-state index is 11.3. The zero-order chi connectivity index (χ0) is 18.6. The third-order valence-corrected chi connectivity index (χ3v) is 2.18. The average Bonchev–Trinajstić information content (AvgIpc) is 2.62. The van der Waals surface area contributed by atoms with Gasteiger partial charge in [-0.05, 0) is 55.3 Å². The van der Waals surface area contributed by atoms with E-state index in [9.17, 15) is 9.59 Å². The highest BCUT2D eigenvalue weighted by molar-refractivity contribution is 5.82. The predicted molar refractivity (Wildman–Crippen MR) is 96.4 cm³/mol. The van der Waals surface area contributed by atoms with Crippen LogP contribution in [0.4, 0.5) is 0 Å². The van der Waals surface area contributed by atoms with E-state index in [1.165, 1.54) is 31.4 Å². The first-order valence-corrected chi connectivity index (χ1v) is 7.39. The minimum absolute atomic E-state index is 0.266. The molecule has 0 spiro atoms. The van der Waals surface area contributed by atoms with Crippen molar-refractivity contribution >= 4 is 11.9 Å². The lowest BCUT2D eigenvalue weighted by molar-refractivity contribution is -0.138. The Morgan fingerprint density at radius 2 is 1.48 bits per heavy atom. The molecule has 0 fully saturated rings. The fraction of sp³-hybridized carbons (Fsp3) is 0.238. The number of rotatable bonds is 5. The molecule has 0 aliphatic heterocycles. The number of carbonyl (C=O) groups is 2. The van der Waals surface area contributed by atoms with Crippen molar-refractivity contribution in [1.29, 1.82) is 0 Å². The molecule has 0 heterocycles. The lowest BCUT2D eigenvalue weighted by atomic mass is 10.3. The summed E-state index contributed by atoms with van der Waals surface area (Å²) in [4.78, 5) is 22.1. The fourth-order valence-corrected chi connectivity index (χ4v) is 1.09. The van der Waals surface area contributed by atoms with Gasteiger partial charge in [-0.25, -0.2) is 9.59 Å². The zero-order valence-electron chi connectivity index (χ0n) is 14.2. The van der Waals surface area contributed by atoms with Crippen LogP contribution in [0.5, 0.6) is 0 Å². The lowest BCUT2D eigenvalue weighted by Gasteiger charge is -1.97. The molecule has 25 heavy (non-hydrogen) atoms. The molecule has 0 radical (unpaired) electrons. The summed E-state index contributed by atoms with van der Waals surface area (Å²) in [5.41, 5.74) is 0. The molecule has 0 saturated carbocycles. The Kier molecular flexibility index (Phi) is 14.4. The summed E-state index contributed by atoms with van der Waals surface area (Å²) in [5.74, 6) is 20.1. The molecule has 0 bridgehead atoms. The van der Waals surface area contributed by atoms with Gasteiger partial charge in [0.05, 0.1) is 13.7 Å². The van der Waals surface area contributed by atoms with Crippen LogP contribution >= 0.6 is 0 Å². The SMILES string of the molecule is CC=CC#CC#CC=CC(=O)OCCCC#CC#CC=CC(=O)OC. The molecule has 0 aromatic carbocycles. The number of esters is 2. The Morgan fingerprint density at radius 1 is 0.880 bits per heavy atom. The van der Waals surface area contributed by atoms with Crippen LogP contribution in [0.3, 0.4) is 0 Å². The van der Waals surface area contributed by atoms with Crippen molar-refractivity contribution in [3.8, 4) is 47.4 Å². The van der Waals surface area contributed by atoms with Crippen molar-refractivity contribution in [3.63, 3.8) is 0 Å². The van der Waals surface area contributed by atoms with Gasteiger partial charge in [0, 0.05) is 18.6 Å². The van der Waals surface area contributed by atoms with Crippen LogP contribution in [0.2, 0.25) is 0 Å². The van der Waals surface area contributed by atoms with E-state index in [1.807, 2.05) is 6.92 Å². The predicted octanol–water partition coefficient (Wildman–Crippen LogP) is 2.18. The molecule has 0 saturated heterocycles. The Balaban J connectivity index is 3.89. The van der Waals surface area contributed by atoms with Gasteiger partial charge < -0.3 is 9.47 Å². The number of hydrogen-bond donors (Lipinski definition) is 0. The summed E-state index contributed by atoms with van der Waals surface area (Å²) in [6.07, 6.45) is 9.85. The van der Waals surface area contributed by atoms with Crippen molar-refractivity contribution < 1.29 is 19.1 Å². The zero-order valence-corrected chi connectivity index (χ0v) is 14.2. The molecular formula is C21H18O4. The highest BCUT2D eigenvalue weighted by atomic mass is 16.5. The van der Waals surface area contributed by atoms with E-state index >= 15 is 0 Å². The van der Waals surface area contributed by atoms with Crippen LogP contribution < -0.4 is 0 Å². The Hall–Kier alpha value is -3.60. The van der Waals surface area contributed by atoms with Crippen molar-refractivity contribution in [2.45, 2.75) is 19.8 Å². The summed E-state index contributed by atoms with van der Waals surface area (Å²) >= 11 is 0. The Labute approximate surface area is 149 Å². The molecule has 0 unspecified atom stereocenters. The second kappa shape index (κ2) is 16.8. The number of ether oxygens (including phenoxy) is 2. The number of methoxy groups -OCH3 is 1. The maximum atomic E-state index is 11.3. The van der Waals surface area contributed by atoms with Crippen LogP contribution in [-0.4, -0.2) is 25.7 Å². The number of hydrogen-bond acceptors (Lipinski definition) is 4. The van der Waals surface area contributed by atoms with E-state index in [2.05, 4.69) is 52.1 Å². The first-order chi connectivity index (χ1) is 12.2. The van der Waals surface area contributed by atoms with Crippen molar-refractivity contribution in [2.75, 3.05) is 13.7 Å². The summed E-state index contributed by atoms with van der Waals surface area (Å²) < 4.78 is 9.36. The van der Waals surface area contributed by atoms with E-state index in [0.29, 0.717) is 12.8 Å². The molecule has 0 N–H and O–H groups in total. The Morgan fingerprint density at radius 3 is 2.12 bits per heavy atom. The van der Waals surface area contributed by atoms with Gasteiger partial charge >= 0.3 is 11.9 Å². The molecule has 126 valence electrons. The van der Waals surface area contributed by atoms with Crippen LogP contribution in [-0.2, 0) is 19.1 Å². The van der Waals surface area contributed by atoms with Crippen LogP contribution in [0, 0.1) is 47.4 Å². The molecule has 4 heteroatoms. The lowest BCUT2D eigenvalue weighted by Crippen LogP contribution is -2.01. The van der Waals surface area contributed by atoms with Crippen molar-refractivity contribution in [3.05, 3.63) is 36.5 Å². The van der Waals surface area contributed by atoms with E-state index in [-0.39, 0.29) is 6.61 Å². The quantitative estimate of drug-likeness (QED) is 0.335. The third-order valence-electron chi connectivity index (χ3n) is 2.18. The number of carbonyl (C=O) groups excluding carboxylic acids is 2. The number of allylic oxidation sites excluding steroid dienone is 4. The van der Waals surface area contributed by atoms with Gasteiger partial charge in [-0.2, -0.15) is 0 Å². The molecule has 0 aromatic heterocycles. The first-order valence-electron chi connectivity index (χ1n) is 7.39. The summed E-state index contributed by atoms with van der Waals surface area (Å²) in [6, 6.07) is 0. The minimum atomic E-state index is -0.467. The van der Waals surface area contributed by atoms with E-state index in [4.69, 9.17) is 4.74 Å². The van der Waals surface area contributed by atoms with E-state index < -0.39 is 11.9 Å². The van der Waals surface area contributed by atoms with Crippen molar-refractivity contribution in [1.82, 2.24) is 0 Å². The van der Waals surface area contributed by atoms with Gasteiger partial charge in [0.2, 0.25) is 0 Å². The first kappa shape index (κ1) is 21.4. The highest BCUT2D eigenvalue weighted by Crippen LogP contribution is 1.90. The molecule has 0 aromatic rings. The molecule has 0 aliphatic carbocycles. The standard InChI is InChI=1S/C21H18O4/c1-3-4-5-6-8-12-15-18-21(23)25-19-16-13-10-7-9-11-14-17-20(22)24-2/h3-4,14-15,17-18H,13,16,19H2,1-2H3. The van der Waals surface area contributed by atoms with E-state index in [1.54, 1.807) is 12.2 Å². The molecule has 0 rings (SSSR count). The van der Waals surface area contributed by atoms with Crippen LogP contribution in [0.25, 0.3) is 0 Å². The van der Waals surface area contributed by atoms with E-state index in [0.717, 1.165) is 0 Å². The largest absolute Gasteiger partial charge is 0.466 e. The second-order valence-electron chi connectivity index (χ2n) is 4.07. The fourth-order valence-electron chi connectivity index (χ4n) is 1.09. The molecule has 0 aliphatic rings. The molecule has 4 nitrogen and oxygen atoms in total. The number of unbranched alkanes of at least 4 members (excludes halogenated alkanes) is 1. The van der Waals surface area contributed by atoms with Crippen molar-refractivity contribution in [2.24, 2.45) is 0 Å². The van der Waals surface area contributed by atoms with Gasteiger partial charge in [-0.15, -0.1) is 0 Å². The molecular weight excluding hydrogens is 316 g/mol. The summed E-state index contributed by atoms with van der Waals surface area (Å²) in [6.45, 7) is 2.13. The van der Waals surface area contributed by atoms with Gasteiger partial charge in [0.1, 0.15) is 0 Å².